The van der Waals surface area contributed by atoms with Crippen LogP contribution in [0.5, 0.6) is 0 Å². The van der Waals surface area contributed by atoms with Crippen LogP contribution in [0.4, 0.5) is 4.39 Å². The first-order chi connectivity index (χ1) is 16.8. The van der Waals surface area contributed by atoms with Gasteiger partial charge >= 0.3 is 5.97 Å². The molecule has 0 bridgehead atoms. The van der Waals surface area contributed by atoms with Crippen LogP contribution >= 0.6 is 0 Å². The molecular formula is C29H30FNO4. The van der Waals surface area contributed by atoms with Crippen molar-refractivity contribution in [2.24, 2.45) is 11.8 Å². The zero-order valence-corrected chi connectivity index (χ0v) is 19.8. The molecule has 0 spiro atoms. The molecule has 2 aromatic rings. The molecule has 182 valence electrons. The molecule has 2 aliphatic heterocycles. The number of carbonyl (C=O) groups is 1. The van der Waals surface area contributed by atoms with E-state index in [1.54, 1.807) is 18.2 Å². The van der Waals surface area contributed by atoms with Gasteiger partial charge < -0.3 is 14.9 Å². The number of carbonyl (C=O) groups excluding carboxylic acids is 1. The number of likely N-dealkylation sites (tertiary alicyclic amines) is 1. The third-order valence-electron chi connectivity index (χ3n) is 7.24. The summed E-state index contributed by atoms with van der Waals surface area (Å²) in [5, 5.41) is 22.3. The summed E-state index contributed by atoms with van der Waals surface area (Å²) in [6, 6.07) is 16.5. The number of benzene rings is 2. The van der Waals surface area contributed by atoms with Crippen molar-refractivity contribution in [3.8, 4) is 0 Å². The lowest BCUT2D eigenvalue weighted by Gasteiger charge is -2.41. The predicted molar refractivity (Wildman–Crippen MR) is 130 cm³/mol. The van der Waals surface area contributed by atoms with Crippen LogP contribution in [0.2, 0.25) is 0 Å². The molecule has 35 heavy (non-hydrogen) atoms. The second-order valence-electron chi connectivity index (χ2n) is 9.80. The smallest absolute Gasteiger partial charge is 0.318 e. The maximum absolute atomic E-state index is 13.2. The highest BCUT2D eigenvalue weighted by molar-refractivity contribution is 5.81. The van der Waals surface area contributed by atoms with Crippen LogP contribution in [0.15, 0.2) is 89.2 Å². The SMILES string of the molecule is CC(CCc1ccc(F)cc1)C1=CC(O)(O)C2=C3CN(Cc4ccccc4)CCC3C(=O)OC2=C1. The number of allylic oxidation sites excluding steroid dienone is 2. The normalized spacial score (nSPS) is 22.5. The van der Waals surface area contributed by atoms with Crippen LogP contribution in [0.25, 0.3) is 0 Å². The van der Waals surface area contributed by atoms with E-state index >= 15 is 0 Å². The van der Waals surface area contributed by atoms with Crippen LogP contribution in [0.1, 0.15) is 30.9 Å². The Morgan fingerprint density at radius 3 is 2.60 bits per heavy atom. The van der Waals surface area contributed by atoms with Gasteiger partial charge in [0.2, 0.25) is 5.79 Å². The van der Waals surface area contributed by atoms with Crippen molar-refractivity contribution in [1.82, 2.24) is 4.90 Å². The molecule has 3 aliphatic rings. The van der Waals surface area contributed by atoms with E-state index in [9.17, 15) is 19.4 Å². The second-order valence-corrected chi connectivity index (χ2v) is 9.80. The summed E-state index contributed by atoms with van der Waals surface area (Å²) in [5.74, 6) is -3.05. The van der Waals surface area contributed by atoms with Crippen LogP contribution < -0.4 is 0 Å². The summed E-state index contributed by atoms with van der Waals surface area (Å²) >= 11 is 0. The van der Waals surface area contributed by atoms with Crippen LogP contribution in [-0.4, -0.2) is 40.0 Å². The lowest BCUT2D eigenvalue weighted by atomic mass is 9.78. The number of hydrogen-bond donors (Lipinski definition) is 2. The third-order valence-corrected chi connectivity index (χ3v) is 7.24. The third kappa shape index (κ3) is 5.01. The summed E-state index contributed by atoms with van der Waals surface area (Å²) in [6.45, 7) is 3.93. The molecule has 0 radical (unpaired) electrons. The molecule has 2 heterocycles. The Morgan fingerprint density at radius 2 is 1.86 bits per heavy atom. The minimum atomic E-state index is -2.21. The number of aryl methyl sites for hydroxylation is 1. The Kier molecular flexibility index (Phi) is 6.45. The number of aliphatic hydroxyl groups is 2. The first kappa shape index (κ1) is 23.7. The van der Waals surface area contributed by atoms with Gasteiger partial charge in [-0.1, -0.05) is 49.4 Å². The van der Waals surface area contributed by atoms with E-state index in [1.165, 1.54) is 23.8 Å². The molecule has 2 aromatic carbocycles. The van der Waals surface area contributed by atoms with E-state index in [4.69, 9.17) is 4.74 Å². The zero-order chi connectivity index (χ0) is 24.6. The van der Waals surface area contributed by atoms with Crippen molar-refractivity contribution in [2.75, 3.05) is 13.1 Å². The fourth-order valence-corrected chi connectivity index (χ4v) is 5.30. The number of piperidine rings is 1. The number of halogens is 1. The zero-order valence-electron chi connectivity index (χ0n) is 19.8. The molecule has 0 aromatic heterocycles. The molecule has 0 saturated carbocycles. The molecule has 1 saturated heterocycles. The number of esters is 1. The molecule has 5 rings (SSSR count). The quantitative estimate of drug-likeness (QED) is 0.482. The second kappa shape index (κ2) is 9.53. The van der Waals surface area contributed by atoms with Gasteiger partial charge in [-0.25, -0.2) is 4.39 Å². The minimum absolute atomic E-state index is 0.0184. The first-order valence-corrected chi connectivity index (χ1v) is 12.2. The van der Waals surface area contributed by atoms with E-state index in [1.807, 2.05) is 25.1 Å². The summed E-state index contributed by atoms with van der Waals surface area (Å²) in [6.07, 6.45) is 5.27. The molecule has 1 aliphatic carbocycles. The molecule has 6 heteroatoms. The molecule has 0 amide bonds. The lowest BCUT2D eigenvalue weighted by molar-refractivity contribution is -0.147. The van der Waals surface area contributed by atoms with Gasteiger partial charge in [0.25, 0.3) is 0 Å². The minimum Gasteiger partial charge on any atom is -0.426 e. The Hall–Kier alpha value is -3.06. The molecule has 1 fully saturated rings. The summed E-state index contributed by atoms with van der Waals surface area (Å²) < 4.78 is 18.8. The van der Waals surface area contributed by atoms with Crippen LogP contribution in [-0.2, 0) is 22.5 Å². The van der Waals surface area contributed by atoms with Crippen molar-refractivity contribution in [3.63, 3.8) is 0 Å². The number of fused-ring (bicyclic) bond motifs is 2. The number of ether oxygens (including phenoxy) is 1. The fourth-order valence-electron chi connectivity index (χ4n) is 5.30. The fraction of sp³-hybridized carbons (Fsp3) is 0.345. The maximum Gasteiger partial charge on any atom is 0.318 e. The predicted octanol–water partition coefficient (Wildman–Crippen LogP) is 4.27. The van der Waals surface area contributed by atoms with Gasteiger partial charge in [0.05, 0.1) is 11.5 Å². The van der Waals surface area contributed by atoms with Gasteiger partial charge in [-0.15, -0.1) is 0 Å². The highest BCUT2D eigenvalue weighted by Gasteiger charge is 2.46. The molecule has 2 unspecified atom stereocenters. The van der Waals surface area contributed by atoms with Crippen molar-refractivity contribution >= 4 is 5.97 Å². The Bertz CT molecular complexity index is 1200. The summed E-state index contributed by atoms with van der Waals surface area (Å²) in [7, 11) is 0. The Balaban J connectivity index is 1.38. The largest absolute Gasteiger partial charge is 0.426 e. The maximum atomic E-state index is 13.2. The topological polar surface area (TPSA) is 70.0 Å². The van der Waals surface area contributed by atoms with E-state index in [2.05, 4.69) is 17.0 Å². The van der Waals surface area contributed by atoms with E-state index in [0.717, 1.165) is 37.1 Å². The molecule has 5 nitrogen and oxygen atoms in total. The van der Waals surface area contributed by atoms with Crippen molar-refractivity contribution in [2.45, 2.75) is 38.5 Å². The van der Waals surface area contributed by atoms with Crippen molar-refractivity contribution < 1.29 is 24.1 Å². The summed E-state index contributed by atoms with van der Waals surface area (Å²) in [4.78, 5) is 15.1. The van der Waals surface area contributed by atoms with Crippen LogP contribution in [0.3, 0.4) is 0 Å². The van der Waals surface area contributed by atoms with Gasteiger partial charge in [0, 0.05) is 13.1 Å². The number of rotatable bonds is 6. The highest BCUT2D eigenvalue weighted by atomic mass is 19.1. The number of nitrogens with zero attached hydrogens (tertiary/aromatic N) is 1. The van der Waals surface area contributed by atoms with Crippen LogP contribution in [0, 0.1) is 17.7 Å². The van der Waals surface area contributed by atoms with Gasteiger partial charge in [0.1, 0.15) is 11.6 Å². The van der Waals surface area contributed by atoms with Gasteiger partial charge in [-0.05, 0) is 78.3 Å². The number of hydrogen-bond acceptors (Lipinski definition) is 5. The van der Waals surface area contributed by atoms with E-state index in [-0.39, 0.29) is 23.5 Å². The summed E-state index contributed by atoms with van der Waals surface area (Å²) in [5.41, 5.74) is 3.92. The average Bonchev–Trinajstić information content (AvgIpc) is 2.83. The van der Waals surface area contributed by atoms with Gasteiger partial charge in [0.15, 0.2) is 0 Å². The van der Waals surface area contributed by atoms with E-state index in [0.29, 0.717) is 24.1 Å². The average molecular weight is 476 g/mol. The highest BCUT2D eigenvalue weighted by Crippen LogP contribution is 2.44. The van der Waals surface area contributed by atoms with Gasteiger partial charge in [-0.2, -0.15) is 0 Å². The lowest BCUT2D eigenvalue weighted by Crippen LogP contribution is -2.46. The van der Waals surface area contributed by atoms with Crippen molar-refractivity contribution in [1.29, 1.82) is 0 Å². The molecule has 2 N–H and O–H groups in total. The Labute approximate surface area is 204 Å². The van der Waals surface area contributed by atoms with E-state index < -0.39 is 11.7 Å². The molecule has 2 atom stereocenters. The van der Waals surface area contributed by atoms with Gasteiger partial charge in [-0.3, -0.25) is 9.69 Å². The Morgan fingerprint density at radius 1 is 1.11 bits per heavy atom. The molecular weight excluding hydrogens is 445 g/mol. The first-order valence-electron chi connectivity index (χ1n) is 12.2. The van der Waals surface area contributed by atoms with Crippen molar-refractivity contribution in [3.05, 3.63) is 106 Å². The monoisotopic (exact) mass is 475 g/mol. The standard InChI is InChI=1S/C29H30FNO4/c1-19(7-8-20-9-11-23(30)12-10-20)22-15-26-27(29(33,34)16-22)25-18-31(14-13-24(25)28(32)35-26)17-21-5-3-2-4-6-21/h2-6,9-12,15-16,19,24,33-34H,7-8,13-14,17-18H2,1H3.